The summed E-state index contributed by atoms with van der Waals surface area (Å²) in [5.41, 5.74) is 11.6. The Morgan fingerprint density at radius 3 is 2.78 bits per heavy atom. The van der Waals surface area contributed by atoms with E-state index in [1.165, 1.54) is 19.2 Å². The van der Waals surface area contributed by atoms with Crippen molar-refractivity contribution in [3.8, 4) is 0 Å². The highest BCUT2D eigenvalue weighted by Crippen LogP contribution is 2.48. The molecule has 1 aromatic rings. The molecule has 0 aliphatic carbocycles. The van der Waals surface area contributed by atoms with Crippen molar-refractivity contribution in [1.82, 2.24) is 9.88 Å². The van der Waals surface area contributed by atoms with Crippen LogP contribution in [0.2, 0.25) is 0 Å². The van der Waals surface area contributed by atoms with E-state index in [0.717, 1.165) is 10.5 Å². The predicted octanol–water partition coefficient (Wildman–Crippen LogP) is -1.06. The number of hydrogen-bond donors (Lipinski definition) is 2. The van der Waals surface area contributed by atoms with Crippen molar-refractivity contribution >= 4 is 34.2 Å². The standard InChI is InChI=1S/C16H18N4O6S/c1-16(8-26-15(18)23)12(7-21)20-13(22)11(14(20)27(16,24)25)5-10-4-9(6-17)2-3-19-10/h2-5,7,12,14H,6,8,17H2,1H3,(H2,18,23)/b11-5-/t12-,14?,16-/m0/s1. The number of sulfone groups is 1. The lowest BCUT2D eigenvalue weighted by Gasteiger charge is -2.37. The molecular weight excluding hydrogens is 376 g/mol. The summed E-state index contributed by atoms with van der Waals surface area (Å²) in [4.78, 5) is 40.1. The van der Waals surface area contributed by atoms with Crippen LogP contribution in [-0.2, 0) is 30.7 Å². The molecule has 144 valence electrons. The average molecular weight is 394 g/mol. The van der Waals surface area contributed by atoms with Crippen LogP contribution in [0.3, 0.4) is 0 Å². The molecule has 0 radical (unpaired) electrons. The number of fused-ring (bicyclic) bond motifs is 1. The highest BCUT2D eigenvalue weighted by atomic mass is 32.2. The third kappa shape index (κ3) is 2.70. The van der Waals surface area contributed by atoms with Gasteiger partial charge in [-0.05, 0) is 30.7 Å². The maximum atomic E-state index is 13.1. The molecular formula is C16H18N4O6S. The normalized spacial score (nSPS) is 29.9. The topological polar surface area (TPSA) is 163 Å². The summed E-state index contributed by atoms with van der Waals surface area (Å²) in [5, 5.41) is -1.31. The second-order valence-corrected chi connectivity index (χ2v) is 8.97. The van der Waals surface area contributed by atoms with Gasteiger partial charge in [0.25, 0.3) is 5.91 Å². The van der Waals surface area contributed by atoms with Gasteiger partial charge in [-0.25, -0.2) is 13.2 Å². The summed E-state index contributed by atoms with van der Waals surface area (Å²) in [6, 6.07) is 2.04. The van der Waals surface area contributed by atoms with Gasteiger partial charge < -0.3 is 25.9 Å². The van der Waals surface area contributed by atoms with Gasteiger partial charge in [0.05, 0.1) is 11.3 Å². The van der Waals surface area contributed by atoms with E-state index in [1.807, 2.05) is 0 Å². The Kier molecular flexibility index (Phi) is 4.52. The molecule has 4 N–H and O–H groups in total. The van der Waals surface area contributed by atoms with Crippen LogP contribution in [0.1, 0.15) is 18.2 Å². The molecule has 0 bridgehead atoms. The van der Waals surface area contributed by atoms with Gasteiger partial charge in [-0.1, -0.05) is 0 Å². The van der Waals surface area contributed by atoms with E-state index in [2.05, 4.69) is 9.72 Å². The molecule has 3 atom stereocenters. The van der Waals surface area contributed by atoms with Crippen molar-refractivity contribution in [2.75, 3.05) is 6.61 Å². The summed E-state index contributed by atoms with van der Waals surface area (Å²) in [6.07, 6.45) is 2.06. The van der Waals surface area contributed by atoms with Crippen LogP contribution in [0.25, 0.3) is 6.08 Å². The predicted molar refractivity (Wildman–Crippen MR) is 93.5 cm³/mol. The minimum atomic E-state index is -4.08. The Morgan fingerprint density at radius 2 is 2.19 bits per heavy atom. The quantitative estimate of drug-likeness (QED) is 0.363. The van der Waals surface area contributed by atoms with Crippen molar-refractivity contribution in [3.05, 3.63) is 35.2 Å². The number of amides is 2. The number of aromatic nitrogens is 1. The Balaban J connectivity index is 2.03. The smallest absolute Gasteiger partial charge is 0.404 e. The van der Waals surface area contributed by atoms with Crippen LogP contribution >= 0.6 is 0 Å². The van der Waals surface area contributed by atoms with Crippen molar-refractivity contribution in [2.45, 2.75) is 29.6 Å². The fraction of sp³-hybridized carbons (Fsp3) is 0.375. The maximum Gasteiger partial charge on any atom is 0.404 e. The third-order valence-corrected chi connectivity index (χ3v) is 7.61. The summed E-state index contributed by atoms with van der Waals surface area (Å²) in [5.74, 6) is -0.594. The van der Waals surface area contributed by atoms with E-state index in [1.54, 1.807) is 12.1 Å². The lowest BCUT2D eigenvalue weighted by Crippen LogP contribution is -2.57. The minimum absolute atomic E-state index is 0.00804. The molecule has 2 aliphatic rings. The number of ether oxygens (including phenoxy) is 1. The van der Waals surface area contributed by atoms with Crippen LogP contribution in [0.4, 0.5) is 4.79 Å². The van der Waals surface area contributed by atoms with Gasteiger partial charge in [0.2, 0.25) is 0 Å². The Morgan fingerprint density at radius 1 is 1.48 bits per heavy atom. The van der Waals surface area contributed by atoms with Crippen molar-refractivity contribution in [3.63, 3.8) is 0 Å². The summed E-state index contributed by atoms with van der Waals surface area (Å²) in [7, 11) is -4.08. The van der Waals surface area contributed by atoms with Gasteiger partial charge in [0.15, 0.2) is 15.2 Å². The molecule has 1 unspecified atom stereocenters. The number of pyridine rings is 1. The SMILES string of the molecule is C[C@]1(COC(N)=O)[C@H](C=O)N2C(=O)/C(=C/c3cc(CN)ccn3)C2S1(=O)=O. The first-order chi connectivity index (χ1) is 12.7. The molecule has 10 nitrogen and oxygen atoms in total. The molecule has 2 aliphatic heterocycles. The van der Waals surface area contributed by atoms with Crippen LogP contribution in [0.15, 0.2) is 23.9 Å². The van der Waals surface area contributed by atoms with E-state index < -0.39 is 44.6 Å². The van der Waals surface area contributed by atoms with Crippen LogP contribution in [0.5, 0.6) is 0 Å². The fourth-order valence-electron chi connectivity index (χ4n) is 3.34. The zero-order chi connectivity index (χ0) is 20.0. The van der Waals surface area contributed by atoms with Gasteiger partial charge in [0.1, 0.15) is 23.7 Å². The summed E-state index contributed by atoms with van der Waals surface area (Å²) >= 11 is 0. The monoisotopic (exact) mass is 394 g/mol. The van der Waals surface area contributed by atoms with Crippen molar-refractivity contribution < 1.29 is 27.5 Å². The van der Waals surface area contributed by atoms with E-state index in [9.17, 15) is 22.8 Å². The fourth-order valence-corrected chi connectivity index (χ4v) is 5.60. The van der Waals surface area contributed by atoms with E-state index in [0.29, 0.717) is 12.0 Å². The maximum absolute atomic E-state index is 13.1. The number of primary amides is 1. The lowest BCUT2D eigenvalue weighted by atomic mass is 9.95. The van der Waals surface area contributed by atoms with E-state index in [-0.39, 0.29) is 12.1 Å². The number of aldehydes is 1. The molecule has 0 aromatic carbocycles. The number of nitrogens with two attached hydrogens (primary N) is 2. The number of carbonyl (C=O) groups is 3. The number of β-lactam (4-membered cyclic amide) rings is 1. The van der Waals surface area contributed by atoms with Crippen LogP contribution in [0, 0.1) is 0 Å². The second-order valence-electron chi connectivity index (χ2n) is 6.50. The highest BCUT2D eigenvalue weighted by Gasteiger charge is 2.70. The molecule has 0 saturated carbocycles. The second kappa shape index (κ2) is 6.43. The molecule has 0 spiro atoms. The van der Waals surface area contributed by atoms with Crippen LogP contribution < -0.4 is 11.5 Å². The first kappa shape index (κ1) is 19.0. The van der Waals surface area contributed by atoms with E-state index >= 15 is 0 Å². The van der Waals surface area contributed by atoms with Crippen LogP contribution in [-0.4, -0.2) is 59.4 Å². The molecule has 27 heavy (non-hydrogen) atoms. The zero-order valence-corrected chi connectivity index (χ0v) is 15.2. The van der Waals surface area contributed by atoms with Gasteiger partial charge in [-0.2, -0.15) is 0 Å². The highest BCUT2D eigenvalue weighted by molar-refractivity contribution is 7.94. The molecule has 2 amide bonds. The Hall–Kier alpha value is -2.79. The first-order valence-corrected chi connectivity index (χ1v) is 9.52. The summed E-state index contributed by atoms with van der Waals surface area (Å²) in [6.45, 7) is 0.875. The largest absolute Gasteiger partial charge is 0.448 e. The lowest BCUT2D eigenvalue weighted by molar-refractivity contribution is -0.139. The molecule has 2 fully saturated rings. The number of nitrogens with zero attached hydrogens (tertiary/aromatic N) is 2. The third-order valence-electron chi connectivity index (χ3n) is 4.88. The molecule has 2 saturated heterocycles. The number of rotatable bonds is 5. The molecule has 3 heterocycles. The van der Waals surface area contributed by atoms with Gasteiger partial charge in [0, 0.05) is 12.7 Å². The molecule has 1 aromatic heterocycles. The summed E-state index contributed by atoms with van der Waals surface area (Å²) < 4.78 is 29.0. The van der Waals surface area contributed by atoms with Gasteiger partial charge in [-0.15, -0.1) is 0 Å². The van der Waals surface area contributed by atoms with E-state index in [4.69, 9.17) is 11.5 Å². The van der Waals surface area contributed by atoms with Gasteiger partial charge in [-0.3, -0.25) is 9.78 Å². The number of carbonyl (C=O) groups excluding carboxylic acids is 3. The number of hydrogen-bond acceptors (Lipinski definition) is 8. The average Bonchev–Trinajstić information content (AvgIpc) is 2.79. The molecule has 3 rings (SSSR count). The zero-order valence-electron chi connectivity index (χ0n) is 14.4. The minimum Gasteiger partial charge on any atom is -0.448 e. The first-order valence-electron chi connectivity index (χ1n) is 7.97. The van der Waals surface area contributed by atoms with Crippen molar-refractivity contribution in [2.24, 2.45) is 11.5 Å². The Bertz CT molecular complexity index is 959. The molecule has 11 heteroatoms. The van der Waals surface area contributed by atoms with Crippen molar-refractivity contribution in [1.29, 1.82) is 0 Å². The Labute approximate surface area is 155 Å². The van der Waals surface area contributed by atoms with Gasteiger partial charge >= 0.3 is 6.09 Å².